The number of nitrogens with one attached hydrogen (secondary N) is 3. The molecule has 1 aromatic rings. The van der Waals surface area contributed by atoms with Gasteiger partial charge in [-0.05, 0) is 18.1 Å². The van der Waals surface area contributed by atoms with Gasteiger partial charge in [0, 0.05) is 5.69 Å². The molecule has 8 heteroatoms. The highest BCUT2D eigenvalue weighted by atomic mass is 32.2. The highest BCUT2D eigenvalue weighted by molar-refractivity contribution is 8.14. The molecular weight excluding hydrogens is 306 g/mol. The van der Waals surface area contributed by atoms with Crippen LogP contribution in [0.1, 0.15) is 18.9 Å². The number of aliphatic hydroxyl groups excluding tert-OH is 1. The Morgan fingerprint density at radius 1 is 1.14 bits per heavy atom. The minimum atomic E-state index is -0.551. The first-order chi connectivity index (χ1) is 10.6. The molecular formula is C14H19N3O4S. The molecule has 0 unspecified atom stereocenters. The Labute approximate surface area is 132 Å². The maximum Gasteiger partial charge on any atom is 0.298 e. The number of aliphatic hydroxyl groups is 1. The summed E-state index contributed by atoms with van der Waals surface area (Å²) in [6.45, 7) is 1.69. The van der Waals surface area contributed by atoms with Crippen LogP contribution >= 0.6 is 11.8 Å². The smallest absolute Gasteiger partial charge is 0.298 e. The third-order valence-electron chi connectivity index (χ3n) is 2.65. The van der Waals surface area contributed by atoms with Gasteiger partial charge in [-0.25, -0.2) is 0 Å². The van der Waals surface area contributed by atoms with E-state index < -0.39 is 11.1 Å². The van der Waals surface area contributed by atoms with Crippen molar-refractivity contribution in [3.8, 4) is 0 Å². The number of hydrogen-bond acceptors (Lipinski definition) is 5. The number of amides is 3. The van der Waals surface area contributed by atoms with Gasteiger partial charge in [-0.1, -0.05) is 36.9 Å². The molecule has 0 saturated heterocycles. The van der Waals surface area contributed by atoms with E-state index in [0.717, 1.165) is 29.4 Å². The topological polar surface area (TPSA) is 108 Å². The van der Waals surface area contributed by atoms with E-state index in [9.17, 15) is 14.4 Å². The maximum absolute atomic E-state index is 11.8. The molecule has 120 valence electrons. The number of aryl methyl sites for hydroxylation is 1. The van der Waals surface area contributed by atoms with Crippen LogP contribution in [-0.2, 0) is 16.0 Å². The molecule has 22 heavy (non-hydrogen) atoms. The summed E-state index contributed by atoms with van der Waals surface area (Å²) in [5, 5.41) is 10.7. The first-order valence-corrected chi connectivity index (χ1v) is 7.75. The number of carbonyl (C=O) groups excluding carboxylic acids is 3. The van der Waals surface area contributed by atoms with Crippen molar-refractivity contribution < 1.29 is 19.5 Å². The summed E-state index contributed by atoms with van der Waals surface area (Å²) in [5.74, 6) is -0.875. The Balaban J connectivity index is 2.33. The van der Waals surface area contributed by atoms with Crippen molar-refractivity contribution in [1.82, 2.24) is 10.9 Å². The molecule has 0 heterocycles. The second-order valence-electron chi connectivity index (χ2n) is 4.28. The number of thioether (sulfide) groups is 1. The second-order valence-corrected chi connectivity index (χ2v) is 5.23. The largest absolute Gasteiger partial charge is 0.396 e. The van der Waals surface area contributed by atoms with Crippen LogP contribution in [0.2, 0.25) is 0 Å². The first-order valence-electron chi connectivity index (χ1n) is 6.77. The SMILES string of the molecule is CCc1ccccc1NC(=O)CSC(=O)NNC(=O)CCO. The molecule has 0 aliphatic rings. The zero-order chi connectivity index (χ0) is 16.4. The molecule has 0 aliphatic carbocycles. The fourth-order valence-corrected chi connectivity index (χ4v) is 2.05. The minimum absolute atomic E-state index is 0.0697. The number of benzene rings is 1. The van der Waals surface area contributed by atoms with Gasteiger partial charge in [-0.3, -0.25) is 25.2 Å². The predicted molar refractivity (Wildman–Crippen MR) is 85.3 cm³/mol. The summed E-state index contributed by atoms with van der Waals surface area (Å²) in [6, 6.07) is 7.44. The zero-order valence-corrected chi connectivity index (χ0v) is 13.0. The summed E-state index contributed by atoms with van der Waals surface area (Å²) in [5.41, 5.74) is 6.01. The Hall–Kier alpha value is -2.06. The molecule has 0 radical (unpaired) electrons. The quantitative estimate of drug-likeness (QED) is 0.585. The molecule has 0 spiro atoms. The van der Waals surface area contributed by atoms with Gasteiger partial charge in [0.05, 0.1) is 18.8 Å². The van der Waals surface area contributed by atoms with Gasteiger partial charge < -0.3 is 10.4 Å². The van der Waals surface area contributed by atoms with Gasteiger partial charge in [0.1, 0.15) is 0 Å². The van der Waals surface area contributed by atoms with E-state index in [1.807, 2.05) is 25.1 Å². The van der Waals surface area contributed by atoms with Crippen LogP contribution < -0.4 is 16.2 Å². The van der Waals surface area contributed by atoms with E-state index in [2.05, 4.69) is 16.2 Å². The van der Waals surface area contributed by atoms with Crippen LogP contribution in [0.5, 0.6) is 0 Å². The van der Waals surface area contributed by atoms with E-state index in [4.69, 9.17) is 5.11 Å². The van der Waals surface area contributed by atoms with E-state index in [1.54, 1.807) is 6.07 Å². The van der Waals surface area contributed by atoms with Crippen molar-refractivity contribution in [3.05, 3.63) is 29.8 Å². The van der Waals surface area contributed by atoms with Gasteiger partial charge in [0.25, 0.3) is 5.24 Å². The van der Waals surface area contributed by atoms with E-state index in [-0.39, 0.29) is 24.7 Å². The molecule has 0 saturated carbocycles. The van der Waals surface area contributed by atoms with Crippen LogP contribution in [0.15, 0.2) is 24.3 Å². The summed E-state index contributed by atoms with van der Waals surface area (Å²) in [4.78, 5) is 34.2. The first kappa shape index (κ1) is 18.0. The molecule has 0 bridgehead atoms. The number of anilines is 1. The van der Waals surface area contributed by atoms with Crippen molar-refractivity contribution >= 4 is 34.5 Å². The molecule has 1 rings (SSSR count). The van der Waals surface area contributed by atoms with Crippen LogP contribution in [0.4, 0.5) is 10.5 Å². The lowest BCUT2D eigenvalue weighted by Gasteiger charge is -2.09. The fourth-order valence-electron chi connectivity index (χ4n) is 1.59. The summed E-state index contributed by atoms with van der Waals surface area (Å²) >= 11 is 0.738. The molecule has 7 nitrogen and oxygen atoms in total. The number of carbonyl (C=O) groups is 3. The van der Waals surface area contributed by atoms with Gasteiger partial charge in [0.15, 0.2) is 0 Å². The Morgan fingerprint density at radius 2 is 1.86 bits per heavy atom. The van der Waals surface area contributed by atoms with Crippen molar-refractivity contribution in [3.63, 3.8) is 0 Å². The van der Waals surface area contributed by atoms with Gasteiger partial charge in [-0.15, -0.1) is 0 Å². The van der Waals surface area contributed by atoms with Crippen molar-refractivity contribution in [1.29, 1.82) is 0 Å². The average Bonchev–Trinajstić information content (AvgIpc) is 2.51. The normalized spacial score (nSPS) is 9.91. The lowest BCUT2D eigenvalue weighted by molar-refractivity contribution is -0.122. The fraction of sp³-hybridized carbons (Fsp3) is 0.357. The third-order valence-corrected chi connectivity index (χ3v) is 3.42. The van der Waals surface area contributed by atoms with Crippen LogP contribution in [0, 0.1) is 0 Å². The summed E-state index contributed by atoms with van der Waals surface area (Å²) in [7, 11) is 0. The lowest BCUT2D eigenvalue weighted by atomic mass is 10.1. The maximum atomic E-state index is 11.8. The van der Waals surface area contributed by atoms with Gasteiger partial charge in [-0.2, -0.15) is 0 Å². The Morgan fingerprint density at radius 3 is 2.55 bits per heavy atom. The van der Waals surface area contributed by atoms with E-state index in [1.165, 1.54) is 0 Å². The molecule has 3 amide bonds. The Bertz CT molecular complexity index is 537. The van der Waals surface area contributed by atoms with E-state index >= 15 is 0 Å². The zero-order valence-electron chi connectivity index (χ0n) is 12.2. The number of para-hydroxylation sites is 1. The monoisotopic (exact) mass is 325 g/mol. The summed E-state index contributed by atoms with van der Waals surface area (Å²) in [6.07, 6.45) is 0.695. The number of rotatable bonds is 6. The standard InChI is InChI=1S/C14H19N3O4S/c1-2-10-5-3-4-6-11(10)15-13(20)9-22-14(21)17-16-12(19)7-8-18/h3-6,18H,2,7-9H2,1H3,(H,15,20)(H,16,19)(H,17,21). The van der Waals surface area contributed by atoms with Crippen LogP contribution in [0.3, 0.4) is 0 Å². The van der Waals surface area contributed by atoms with Gasteiger partial charge in [0.2, 0.25) is 11.8 Å². The van der Waals surface area contributed by atoms with Crippen molar-refractivity contribution in [2.45, 2.75) is 19.8 Å². The van der Waals surface area contributed by atoms with E-state index in [0.29, 0.717) is 0 Å². The molecule has 0 aliphatic heterocycles. The molecule has 0 aromatic heterocycles. The van der Waals surface area contributed by atoms with Crippen molar-refractivity contribution in [2.75, 3.05) is 17.7 Å². The highest BCUT2D eigenvalue weighted by Crippen LogP contribution is 2.15. The van der Waals surface area contributed by atoms with Crippen molar-refractivity contribution in [2.24, 2.45) is 0 Å². The molecule has 0 atom stereocenters. The number of hydrazine groups is 1. The molecule has 4 N–H and O–H groups in total. The average molecular weight is 325 g/mol. The minimum Gasteiger partial charge on any atom is -0.396 e. The molecule has 1 aromatic carbocycles. The Kier molecular flexibility index (Phi) is 8.01. The second kappa shape index (κ2) is 9.80. The van der Waals surface area contributed by atoms with Crippen LogP contribution in [0.25, 0.3) is 0 Å². The van der Waals surface area contributed by atoms with Crippen LogP contribution in [-0.4, -0.2) is 34.5 Å². The van der Waals surface area contributed by atoms with Gasteiger partial charge >= 0.3 is 0 Å². The molecule has 0 fully saturated rings. The predicted octanol–water partition coefficient (Wildman–Crippen LogP) is 1.04. The lowest BCUT2D eigenvalue weighted by Crippen LogP contribution is -2.40. The highest BCUT2D eigenvalue weighted by Gasteiger charge is 2.10. The summed E-state index contributed by atoms with van der Waals surface area (Å²) < 4.78 is 0. The third kappa shape index (κ3) is 6.59. The number of hydrogen-bond donors (Lipinski definition) is 4.